The molecule has 1 aromatic carbocycles. The van der Waals surface area contributed by atoms with E-state index in [1.807, 2.05) is 38.1 Å². The van der Waals surface area contributed by atoms with Gasteiger partial charge in [-0.05, 0) is 37.8 Å². The van der Waals surface area contributed by atoms with E-state index in [1.165, 1.54) is 6.92 Å². The molecule has 0 bridgehead atoms. The zero-order valence-electron chi connectivity index (χ0n) is 21.0. The first-order valence-corrected chi connectivity index (χ1v) is 12.3. The number of hydrogen-bond donors (Lipinski definition) is 7. The molecule has 0 aromatic heterocycles. The Morgan fingerprint density at radius 1 is 1.11 bits per heavy atom. The molecule has 0 aliphatic carbocycles. The summed E-state index contributed by atoms with van der Waals surface area (Å²) in [4.78, 5) is 24.0. The summed E-state index contributed by atoms with van der Waals surface area (Å²) in [7, 11) is 0. The number of amides is 2. The van der Waals surface area contributed by atoms with E-state index in [-0.39, 0.29) is 24.9 Å². The van der Waals surface area contributed by atoms with Crippen LogP contribution in [0.5, 0.6) is 0 Å². The number of anilines is 1. The average Bonchev–Trinajstić information content (AvgIpc) is 2.84. The van der Waals surface area contributed by atoms with Crippen molar-refractivity contribution in [2.24, 2.45) is 5.92 Å². The maximum atomic E-state index is 12.3. The van der Waals surface area contributed by atoms with Gasteiger partial charge in [-0.1, -0.05) is 31.0 Å². The summed E-state index contributed by atoms with van der Waals surface area (Å²) in [6.07, 6.45) is -6.35. The fourth-order valence-electron chi connectivity index (χ4n) is 4.22. The molecule has 0 spiro atoms. The first-order valence-electron chi connectivity index (χ1n) is 12.3. The Hall–Kier alpha value is -2.12. The van der Waals surface area contributed by atoms with Gasteiger partial charge < -0.3 is 45.6 Å². The van der Waals surface area contributed by atoms with E-state index >= 15 is 0 Å². The summed E-state index contributed by atoms with van der Waals surface area (Å²) in [5.41, 5.74) is 1.81. The normalized spacial score (nSPS) is 26.6. The summed E-state index contributed by atoms with van der Waals surface area (Å²) in [6, 6.07) is 6.63. The lowest BCUT2D eigenvalue weighted by Crippen LogP contribution is -2.60. The van der Waals surface area contributed by atoms with Gasteiger partial charge in [-0.3, -0.25) is 9.59 Å². The monoisotopic (exact) mass is 512 g/mol. The minimum atomic E-state index is -1.60. The maximum absolute atomic E-state index is 12.3. The maximum Gasteiger partial charge on any atom is 0.224 e. The zero-order chi connectivity index (χ0) is 26.8. The third kappa shape index (κ3) is 8.77. The molecule has 1 aliphatic rings. The molecule has 2 amide bonds. The van der Waals surface area contributed by atoms with Gasteiger partial charge in [0.05, 0.1) is 25.4 Å². The number of carbonyl (C=O) groups excluding carboxylic acids is 2. The van der Waals surface area contributed by atoms with Crippen molar-refractivity contribution in [3.05, 3.63) is 29.8 Å². The molecule has 204 valence electrons. The highest BCUT2D eigenvalue weighted by Gasteiger charge is 2.44. The first-order chi connectivity index (χ1) is 17.1. The third-order valence-corrected chi connectivity index (χ3v) is 6.41. The van der Waals surface area contributed by atoms with Crippen LogP contribution in [-0.4, -0.2) is 93.4 Å². The quantitative estimate of drug-likeness (QED) is 0.189. The molecule has 0 radical (unpaired) electrons. The van der Waals surface area contributed by atoms with E-state index in [9.17, 15) is 35.1 Å². The Morgan fingerprint density at radius 3 is 2.36 bits per heavy atom. The van der Waals surface area contributed by atoms with Crippen LogP contribution in [0.25, 0.3) is 0 Å². The molecule has 1 aromatic rings. The smallest absolute Gasteiger partial charge is 0.224 e. The molecule has 11 nitrogen and oxygen atoms in total. The molecule has 2 rings (SSSR count). The van der Waals surface area contributed by atoms with Crippen LogP contribution in [0.15, 0.2) is 24.3 Å². The van der Waals surface area contributed by atoms with Gasteiger partial charge in [-0.2, -0.15) is 0 Å². The van der Waals surface area contributed by atoms with Crippen LogP contribution in [0.3, 0.4) is 0 Å². The largest absolute Gasteiger partial charge is 0.394 e. The SMILES string of the molecule is CC[C@H](CCCC(=O)Nc1ccc(C)cc1)[C@@H](O)[C@H](CO[C@H]1OC(CO)[C@H](O)C(O)[C@@H]1O)NC(C)=O. The number of carbonyl (C=O) groups is 2. The van der Waals surface area contributed by atoms with Crippen molar-refractivity contribution < 1.29 is 44.6 Å². The Kier molecular flexibility index (Phi) is 12.2. The Morgan fingerprint density at radius 2 is 1.78 bits per heavy atom. The summed E-state index contributed by atoms with van der Waals surface area (Å²) < 4.78 is 10.9. The second-order valence-electron chi connectivity index (χ2n) is 9.30. The molecule has 1 fully saturated rings. The number of ether oxygens (including phenoxy) is 2. The predicted molar refractivity (Wildman–Crippen MR) is 131 cm³/mol. The van der Waals surface area contributed by atoms with Gasteiger partial charge in [0.1, 0.15) is 24.4 Å². The average molecular weight is 513 g/mol. The van der Waals surface area contributed by atoms with Crippen LogP contribution in [0.2, 0.25) is 0 Å². The van der Waals surface area contributed by atoms with Crippen molar-refractivity contribution in [2.75, 3.05) is 18.5 Å². The summed E-state index contributed by atoms with van der Waals surface area (Å²) >= 11 is 0. The van der Waals surface area contributed by atoms with E-state index in [0.717, 1.165) is 5.56 Å². The van der Waals surface area contributed by atoms with Crippen molar-refractivity contribution >= 4 is 17.5 Å². The van der Waals surface area contributed by atoms with Gasteiger partial charge in [0.15, 0.2) is 6.29 Å². The van der Waals surface area contributed by atoms with Gasteiger partial charge in [0, 0.05) is 19.0 Å². The summed E-state index contributed by atoms with van der Waals surface area (Å²) in [5.74, 6) is -0.788. The minimum absolute atomic E-state index is 0.132. The van der Waals surface area contributed by atoms with E-state index in [4.69, 9.17) is 9.47 Å². The van der Waals surface area contributed by atoms with Gasteiger partial charge >= 0.3 is 0 Å². The van der Waals surface area contributed by atoms with E-state index in [2.05, 4.69) is 10.6 Å². The molecule has 1 saturated heterocycles. The molecule has 8 atom stereocenters. The lowest BCUT2D eigenvalue weighted by atomic mass is 9.89. The number of benzene rings is 1. The van der Waals surface area contributed by atoms with Crippen LogP contribution in [0.4, 0.5) is 5.69 Å². The van der Waals surface area contributed by atoms with E-state index in [0.29, 0.717) is 24.9 Å². The standard InChI is InChI=1S/C25H40N2O9/c1-4-16(6-5-7-20(30)27-17-10-8-14(2)9-11-17)21(31)18(26-15(3)29)13-35-25-24(34)23(33)22(32)19(12-28)36-25/h8-11,16,18-19,21-25,28,31-34H,4-7,12-13H2,1-3H3,(H,26,29)(H,27,30)/t16-,18+,19?,21-,22+,23?,24+,25+/m1/s1. The second-order valence-corrected chi connectivity index (χ2v) is 9.30. The molecule has 36 heavy (non-hydrogen) atoms. The van der Waals surface area contributed by atoms with Crippen LogP contribution in [0, 0.1) is 12.8 Å². The van der Waals surface area contributed by atoms with Crippen molar-refractivity contribution in [3.63, 3.8) is 0 Å². The van der Waals surface area contributed by atoms with Crippen LogP contribution in [0.1, 0.15) is 45.1 Å². The lowest BCUT2D eigenvalue weighted by Gasteiger charge is -2.40. The summed E-state index contributed by atoms with van der Waals surface area (Å²) in [5, 5.41) is 55.8. The fourth-order valence-corrected chi connectivity index (χ4v) is 4.22. The van der Waals surface area contributed by atoms with Crippen LogP contribution in [-0.2, 0) is 19.1 Å². The Labute approximate surface area is 211 Å². The van der Waals surface area contributed by atoms with Gasteiger partial charge in [-0.15, -0.1) is 0 Å². The highest BCUT2D eigenvalue weighted by Crippen LogP contribution is 2.24. The Balaban J connectivity index is 1.91. The minimum Gasteiger partial charge on any atom is -0.394 e. The number of aliphatic hydroxyl groups is 5. The first kappa shape index (κ1) is 30.1. The summed E-state index contributed by atoms with van der Waals surface area (Å²) in [6.45, 7) is 4.30. The van der Waals surface area contributed by atoms with Gasteiger partial charge in [0.2, 0.25) is 11.8 Å². The molecule has 7 N–H and O–H groups in total. The van der Waals surface area contributed by atoms with Crippen LogP contribution >= 0.6 is 0 Å². The number of aryl methyl sites for hydroxylation is 1. The zero-order valence-corrected chi connectivity index (χ0v) is 21.0. The number of nitrogens with one attached hydrogen (secondary N) is 2. The number of rotatable bonds is 13. The highest BCUT2D eigenvalue weighted by atomic mass is 16.7. The van der Waals surface area contributed by atoms with Crippen molar-refractivity contribution in [3.8, 4) is 0 Å². The molecule has 0 saturated carbocycles. The highest BCUT2D eigenvalue weighted by molar-refractivity contribution is 5.90. The molecule has 11 heteroatoms. The van der Waals surface area contributed by atoms with Gasteiger partial charge in [0.25, 0.3) is 0 Å². The van der Waals surface area contributed by atoms with E-state index < -0.39 is 55.4 Å². The van der Waals surface area contributed by atoms with Crippen molar-refractivity contribution in [1.82, 2.24) is 5.32 Å². The molecule has 1 heterocycles. The van der Waals surface area contributed by atoms with Crippen LogP contribution < -0.4 is 10.6 Å². The molecule has 1 aliphatic heterocycles. The second kappa shape index (κ2) is 14.6. The van der Waals surface area contributed by atoms with Crippen molar-refractivity contribution in [2.45, 2.75) is 89.3 Å². The lowest BCUT2D eigenvalue weighted by molar-refractivity contribution is -0.303. The number of aliphatic hydroxyl groups excluding tert-OH is 5. The number of hydrogen-bond acceptors (Lipinski definition) is 9. The topological polar surface area (TPSA) is 178 Å². The van der Waals surface area contributed by atoms with Gasteiger partial charge in [-0.25, -0.2) is 0 Å². The van der Waals surface area contributed by atoms with E-state index in [1.54, 1.807) is 0 Å². The predicted octanol–water partition coefficient (Wildman–Crippen LogP) is -0.188. The molecular weight excluding hydrogens is 472 g/mol. The Bertz CT molecular complexity index is 820. The third-order valence-electron chi connectivity index (χ3n) is 6.41. The fraction of sp³-hybridized carbons (Fsp3) is 0.680. The molecule has 2 unspecified atom stereocenters. The molecular formula is C25H40N2O9. The van der Waals surface area contributed by atoms with Crippen molar-refractivity contribution in [1.29, 1.82) is 0 Å².